The summed E-state index contributed by atoms with van der Waals surface area (Å²) in [4.78, 5) is 14.2. The van der Waals surface area contributed by atoms with Gasteiger partial charge >= 0.3 is 5.97 Å². The van der Waals surface area contributed by atoms with Crippen LogP contribution < -0.4 is 15.4 Å². The average molecular weight is 419 g/mol. The first-order valence-electron chi connectivity index (χ1n) is 9.53. The molecule has 0 aliphatic carbocycles. The van der Waals surface area contributed by atoms with E-state index in [-0.39, 0.29) is 5.97 Å². The second-order valence-electron chi connectivity index (χ2n) is 6.41. The Morgan fingerprint density at radius 3 is 2.48 bits per heavy atom. The van der Waals surface area contributed by atoms with Crippen LogP contribution in [0.4, 0.5) is 5.69 Å². The average Bonchev–Trinajstić information content (AvgIpc) is 2.67. The zero-order valence-electron chi connectivity index (χ0n) is 16.4. The lowest BCUT2D eigenvalue weighted by Crippen LogP contribution is -2.34. The molecule has 0 amide bonds. The van der Waals surface area contributed by atoms with Crippen LogP contribution in [0.3, 0.4) is 0 Å². The Labute approximate surface area is 173 Å². The van der Waals surface area contributed by atoms with Gasteiger partial charge in [0, 0.05) is 24.8 Å². The smallest absolute Gasteiger partial charge is 0.323 e. The Kier molecular flexibility index (Phi) is 12.3. The second kappa shape index (κ2) is 13.9. The Morgan fingerprint density at radius 2 is 1.89 bits per heavy atom. The summed E-state index contributed by atoms with van der Waals surface area (Å²) < 4.78 is 10.7. The third-order valence-corrected chi connectivity index (χ3v) is 4.63. The van der Waals surface area contributed by atoms with Gasteiger partial charge in [-0.2, -0.15) is 0 Å². The molecule has 1 aromatic rings. The fraction of sp³-hybridized carbons (Fsp3) is 0.650. The molecule has 0 heterocycles. The molecule has 2 N–H and O–H groups in total. The van der Waals surface area contributed by atoms with Crippen molar-refractivity contribution in [1.29, 1.82) is 0 Å². The van der Waals surface area contributed by atoms with Gasteiger partial charge in [-0.05, 0) is 30.5 Å². The SMILES string of the molecule is CCCCCCOC(=O)[C@@H](N)Cc1ccc(OC)c(N(CCCl)CCCl)c1. The summed E-state index contributed by atoms with van der Waals surface area (Å²) in [6, 6.07) is 5.08. The van der Waals surface area contributed by atoms with Gasteiger partial charge in [0.15, 0.2) is 0 Å². The molecule has 0 aromatic heterocycles. The summed E-state index contributed by atoms with van der Waals surface area (Å²) in [6.45, 7) is 3.88. The van der Waals surface area contributed by atoms with Crippen LogP contribution in [0.5, 0.6) is 5.75 Å². The molecule has 0 radical (unpaired) electrons. The summed E-state index contributed by atoms with van der Waals surface area (Å²) in [5.41, 5.74) is 7.88. The van der Waals surface area contributed by atoms with Gasteiger partial charge < -0.3 is 20.1 Å². The molecule has 154 valence electrons. The van der Waals surface area contributed by atoms with Crippen molar-refractivity contribution >= 4 is 34.9 Å². The van der Waals surface area contributed by atoms with Crippen LogP contribution in [-0.2, 0) is 16.0 Å². The minimum atomic E-state index is -0.688. The first kappa shape index (κ1) is 23.9. The zero-order chi connectivity index (χ0) is 20.1. The second-order valence-corrected chi connectivity index (χ2v) is 7.17. The maximum atomic E-state index is 12.1. The molecule has 0 fully saturated rings. The van der Waals surface area contributed by atoms with Crippen LogP contribution in [0, 0.1) is 0 Å². The number of unbranched alkanes of at least 4 members (excludes halogenated alkanes) is 3. The molecule has 27 heavy (non-hydrogen) atoms. The first-order chi connectivity index (χ1) is 13.1. The summed E-state index contributed by atoms with van der Waals surface area (Å²) in [6.07, 6.45) is 4.65. The van der Waals surface area contributed by atoms with E-state index in [0.717, 1.165) is 42.7 Å². The maximum absolute atomic E-state index is 12.1. The van der Waals surface area contributed by atoms with E-state index in [1.54, 1.807) is 7.11 Å². The highest BCUT2D eigenvalue weighted by Gasteiger charge is 2.18. The Morgan fingerprint density at radius 1 is 1.19 bits per heavy atom. The summed E-state index contributed by atoms with van der Waals surface area (Å²) in [5, 5.41) is 0. The molecular formula is C20H32Cl2N2O3. The van der Waals surface area contributed by atoms with Crippen molar-refractivity contribution in [1.82, 2.24) is 0 Å². The van der Waals surface area contributed by atoms with Crippen LogP contribution in [0.1, 0.15) is 38.2 Å². The third-order valence-electron chi connectivity index (χ3n) is 4.29. The normalized spacial score (nSPS) is 11.9. The molecule has 5 nitrogen and oxygen atoms in total. The Hall–Kier alpha value is -1.17. The number of halogens is 2. The van der Waals surface area contributed by atoms with Crippen LogP contribution >= 0.6 is 23.2 Å². The predicted molar refractivity (Wildman–Crippen MR) is 113 cm³/mol. The molecule has 1 aromatic carbocycles. The molecule has 1 rings (SSSR count). The predicted octanol–water partition coefficient (Wildman–Crippen LogP) is 3.97. The number of anilines is 1. The van der Waals surface area contributed by atoms with E-state index in [0.29, 0.717) is 37.9 Å². The molecule has 1 atom stereocenters. The van der Waals surface area contributed by atoms with Gasteiger partial charge in [-0.25, -0.2) is 0 Å². The summed E-state index contributed by atoms with van der Waals surface area (Å²) in [7, 11) is 1.62. The molecule has 0 bridgehead atoms. The molecular weight excluding hydrogens is 387 g/mol. The van der Waals surface area contributed by atoms with Gasteiger partial charge in [0.25, 0.3) is 0 Å². The number of carbonyl (C=O) groups excluding carboxylic acids is 1. The lowest BCUT2D eigenvalue weighted by Gasteiger charge is -2.25. The number of hydrogen-bond donors (Lipinski definition) is 1. The van der Waals surface area contributed by atoms with E-state index in [1.165, 1.54) is 0 Å². The highest BCUT2D eigenvalue weighted by molar-refractivity contribution is 6.18. The van der Waals surface area contributed by atoms with Gasteiger partial charge in [0.1, 0.15) is 11.8 Å². The highest BCUT2D eigenvalue weighted by atomic mass is 35.5. The summed E-state index contributed by atoms with van der Waals surface area (Å²) >= 11 is 11.8. The largest absolute Gasteiger partial charge is 0.495 e. The third kappa shape index (κ3) is 8.58. The molecule has 0 aliphatic heterocycles. The fourth-order valence-electron chi connectivity index (χ4n) is 2.81. The fourth-order valence-corrected chi connectivity index (χ4v) is 3.22. The maximum Gasteiger partial charge on any atom is 0.323 e. The summed E-state index contributed by atoms with van der Waals surface area (Å²) in [5.74, 6) is 1.34. The first-order valence-corrected chi connectivity index (χ1v) is 10.6. The minimum Gasteiger partial charge on any atom is -0.495 e. The van der Waals surface area contributed by atoms with Gasteiger partial charge in [-0.15, -0.1) is 23.2 Å². The van der Waals surface area contributed by atoms with Crippen LogP contribution in [0.2, 0.25) is 0 Å². The van der Waals surface area contributed by atoms with E-state index in [4.69, 9.17) is 38.4 Å². The number of carbonyl (C=O) groups is 1. The number of nitrogens with zero attached hydrogens (tertiary/aromatic N) is 1. The van der Waals surface area contributed by atoms with Crippen LogP contribution in [0.15, 0.2) is 18.2 Å². The lowest BCUT2D eigenvalue weighted by atomic mass is 10.0. The number of rotatable bonds is 14. The van der Waals surface area contributed by atoms with Gasteiger partial charge in [0.2, 0.25) is 0 Å². The molecule has 0 aliphatic rings. The number of alkyl halides is 2. The van der Waals surface area contributed by atoms with Crippen molar-refractivity contribution in [2.75, 3.05) is 43.5 Å². The Bertz CT molecular complexity index is 552. The minimum absolute atomic E-state index is 0.359. The van der Waals surface area contributed by atoms with Crippen molar-refractivity contribution in [3.05, 3.63) is 23.8 Å². The van der Waals surface area contributed by atoms with Gasteiger partial charge in [0.05, 0.1) is 19.4 Å². The number of hydrogen-bond acceptors (Lipinski definition) is 5. The van der Waals surface area contributed by atoms with Crippen molar-refractivity contribution in [3.63, 3.8) is 0 Å². The van der Waals surface area contributed by atoms with E-state index in [1.807, 2.05) is 18.2 Å². The van der Waals surface area contributed by atoms with Crippen molar-refractivity contribution in [3.8, 4) is 5.75 Å². The monoisotopic (exact) mass is 418 g/mol. The number of benzene rings is 1. The lowest BCUT2D eigenvalue weighted by molar-refractivity contribution is -0.145. The number of ether oxygens (including phenoxy) is 2. The molecule has 0 saturated carbocycles. The zero-order valence-corrected chi connectivity index (χ0v) is 17.9. The quantitative estimate of drug-likeness (QED) is 0.281. The number of methoxy groups -OCH3 is 1. The van der Waals surface area contributed by atoms with Gasteiger partial charge in [-0.3, -0.25) is 4.79 Å². The van der Waals surface area contributed by atoms with E-state index >= 15 is 0 Å². The van der Waals surface area contributed by atoms with E-state index in [2.05, 4.69) is 11.8 Å². The van der Waals surface area contributed by atoms with E-state index < -0.39 is 6.04 Å². The molecule has 0 saturated heterocycles. The van der Waals surface area contributed by atoms with Gasteiger partial charge in [-0.1, -0.05) is 32.3 Å². The van der Waals surface area contributed by atoms with Crippen LogP contribution in [0.25, 0.3) is 0 Å². The van der Waals surface area contributed by atoms with Crippen molar-refractivity contribution in [2.45, 2.75) is 45.1 Å². The highest BCUT2D eigenvalue weighted by Crippen LogP contribution is 2.30. The molecule has 0 spiro atoms. The van der Waals surface area contributed by atoms with Crippen molar-refractivity contribution in [2.24, 2.45) is 5.73 Å². The number of esters is 1. The topological polar surface area (TPSA) is 64.8 Å². The van der Waals surface area contributed by atoms with Crippen LogP contribution in [-0.4, -0.2) is 50.6 Å². The van der Waals surface area contributed by atoms with E-state index in [9.17, 15) is 4.79 Å². The number of nitrogens with two attached hydrogens (primary N) is 1. The standard InChI is InChI=1S/C20H32Cl2N2O3/c1-3-4-5-6-13-27-20(25)17(23)14-16-7-8-19(26-2)18(15-16)24(11-9-21)12-10-22/h7-8,15,17H,3-6,9-14,23H2,1-2H3/t17-/m0/s1. The molecule has 7 heteroatoms. The molecule has 0 unspecified atom stereocenters. The Balaban J connectivity index is 2.73. The van der Waals surface area contributed by atoms with Crippen molar-refractivity contribution < 1.29 is 14.3 Å².